The molecule has 0 aliphatic carbocycles. The average Bonchev–Trinajstić information content (AvgIpc) is 3.32. The van der Waals surface area contributed by atoms with Crippen LogP contribution in [0.15, 0.2) is 30.3 Å². The van der Waals surface area contributed by atoms with E-state index in [1.807, 2.05) is 37.3 Å². The fraction of sp³-hybridized carbons (Fsp3) is 0.591. The lowest BCUT2D eigenvalue weighted by Crippen LogP contribution is -2.49. The van der Waals surface area contributed by atoms with E-state index in [2.05, 4.69) is 5.32 Å². The quantitative estimate of drug-likeness (QED) is 0.737. The first kappa shape index (κ1) is 21.3. The number of hydrogen-bond donors (Lipinski definition) is 1. The van der Waals surface area contributed by atoms with Crippen molar-refractivity contribution in [1.29, 1.82) is 0 Å². The number of ether oxygens (including phenoxy) is 2. The van der Waals surface area contributed by atoms with Crippen molar-refractivity contribution in [2.75, 3.05) is 19.8 Å². The van der Waals surface area contributed by atoms with E-state index in [9.17, 15) is 14.4 Å². The topological polar surface area (TPSA) is 84.9 Å². The molecule has 7 heteroatoms. The zero-order valence-corrected chi connectivity index (χ0v) is 17.3. The predicted octanol–water partition coefficient (Wildman–Crippen LogP) is 2.07. The molecule has 29 heavy (non-hydrogen) atoms. The van der Waals surface area contributed by atoms with Gasteiger partial charge in [-0.1, -0.05) is 37.3 Å². The monoisotopic (exact) mass is 402 g/mol. The highest BCUT2D eigenvalue weighted by Crippen LogP contribution is 2.45. The van der Waals surface area contributed by atoms with E-state index in [1.54, 1.807) is 11.8 Å². The standard InChI is InChI=1S/C22H30N2O5/c1-4-28-22(27)18-14(2)19(21(26)23-13-17-11-8-12-29-17)24(15(3)25)20(18)16-9-6-5-7-10-16/h5-7,9-10,14,17-20H,4,8,11-13H2,1-3H3,(H,23,26). The zero-order chi connectivity index (χ0) is 21.0. The van der Waals surface area contributed by atoms with Crippen LogP contribution in [0, 0.1) is 11.8 Å². The highest BCUT2D eigenvalue weighted by Gasteiger charge is 2.55. The summed E-state index contributed by atoms with van der Waals surface area (Å²) in [5.74, 6) is -1.87. The maximum absolute atomic E-state index is 13.1. The summed E-state index contributed by atoms with van der Waals surface area (Å²) >= 11 is 0. The molecule has 7 nitrogen and oxygen atoms in total. The number of likely N-dealkylation sites (tertiary alicyclic amines) is 1. The van der Waals surface area contributed by atoms with Crippen LogP contribution in [0.3, 0.4) is 0 Å². The van der Waals surface area contributed by atoms with Crippen molar-refractivity contribution in [3.05, 3.63) is 35.9 Å². The summed E-state index contributed by atoms with van der Waals surface area (Å²) in [5.41, 5.74) is 0.821. The van der Waals surface area contributed by atoms with Gasteiger partial charge in [0.25, 0.3) is 0 Å². The van der Waals surface area contributed by atoms with E-state index in [0.29, 0.717) is 13.2 Å². The SMILES string of the molecule is CCOC(=O)C1C(C)C(C(=O)NCC2CCCO2)N(C(C)=O)C1c1ccccc1. The van der Waals surface area contributed by atoms with E-state index in [-0.39, 0.29) is 36.4 Å². The van der Waals surface area contributed by atoms with Crippen LogP contribution in [-0.4, -0.2) is 54.6 Å². The Morgan fingerprint density at radius 2 is 1.97 bits per heavy atom. The average molecular weight is 402 g/mol. The first-order chi connectivity index (χ1) is 14.0. The van der Waals surface area contributed by atoms with Gasteiger partial charge in [-0.2, -0.15) is 0 Å². The van der Waals surface area contributed by atoms with Gasteiger partial charge in [0, 0.05) is 26.0 Å². The lowest BCUT2D eigenvalue weighted by atomic mass is 9.85. The van der Waals surface area contributed by atoms with Gasteiger partial charge in [0.1, 0.15) is 6.04 Å². The molecule has 3 rings (SSSR count). The van der Waals surface area contributed by atoms with Crippen LogP contribution < -0.4 is 5.32 Å². The smallest absolute Gasteiger partial charge is 0.311 e. The van der Waals surface area contributed by atoms with Gasteiger partial charge in [-0.25, -0.2) is 0 Å². The van der Waals surface area contributed by atoms with Gasteiger partial charge in [0.15, 0.2) is 0 Å². The van der Waals surface area contributed by atoms with Crippen molar-refractivity contribution in [1.82, 2.24) is 10.2 Å². The molecule has 0 radical (unpaired) electrons. The lowest BCUT2D eigenvalue weighted by Gasteiger charge is -2.30. The Morgan fingerprint density at radius 1 is 1.24 bits per heavy atom. The van der Waals surface area contributed by atoms with Gasteiger partial charge in [0.05, 0.1) is 24.7 Å². The highest BCUT2D eigenvalue weighted by molar-refractivity contribution is 5.90. The number of hydrogen-bond acceptors (Lipinski definition) is 5. The van der Waals surface area contributed by atoms with E-state index in [1.165, 1.54) is 6.92 Å². The van der Waals surface area contributed by atoms with Crippen LogP contribution in [0.2, 0.25) is 0 Å². The largest absolute Gasteiger partial charge is 0.466 e. The van der Waals surface area contributed by atoms with Crippen molar-refractivity contribution < 1.29 is 23.9 Å². The Kier molecular flexibility index (Phi) is 6.90. The molecule has 1 aromatic carbocycles. The Balaban J connectivity index is 1.91. The molecule has 1 aromatic rings. The number of benzene rings is 1. The molecule has 0 bridgehead atoms. The molecular weight excluding hydrogens is 372 g/mol. The fourth-order valence-corrected chi connectivity index (χ4v) is 4.56. The Morgan fingerprint density at radius 3 is 2.55 bits per heavy atom. The summed E-state index contributed by atoms with van der Waals surface area (Å²) < 4.78 is 10.9. The highest BCUT2D eigenvalue weighted by atomic mass is 16.5. The van der Waals surface area contributed by atoms with Crippen LogP contribution in [-0.2, 0) is 23.9 Å². The molecule has 2 fully saturated rings. The minimum absolute atomic E-state index is 0.00668. The number of carbonyl (C=O) groups is 3. The Hall–Kier alpha value is -2.41. The van der Waals surface area contributed by atoms with E-state index >= 15 is 0 Å². The molecule has 2 amide bonds. The van der Waals surface area contributed by atoms with Crippen LogP contribution in [0.5, 0.6) is 0 Å². The van der Waals surface area contributed by atoms with Gasteiger partial charge in [-0.15, -0.1) is 0 Å². The molecule has 0 saturated carbocycles. The molecule has 5 unspecified atom stereocenters. The molecule has 0 aromatic heterocycles. The minimum Gasteiger partial charge on any atom is -0.466 e. The number of amides is 2. The second-order valence-electron chi connectivity index (χ2n) is 7.74. The second kappa shape index (κ2) is 9.39. The Bertz CT molecular complexity index is 732. The van der Waals surface area contributed by atoms with Crippen LogP contribution in [0.4, 0.5) is 0 Å². The van der Waals surface area contributed by atoms with Gasteiger partial charge in [-0.3, -0.25) is 14.4 Å². The molecule has 0 spiro atoms. The Labute approximate surface area is 171 Å². The van der Waals surface area contributed by atoms with Crippen molar-refractivity contribution >= 4 is 17.8 Å². The molecule has 2 heterocycles. The van der Waals surface area contributed by atoms with Gasteiger partial charge < -0.3 is 19.7 Å². The number of esters is 1. The van der Waals surface area contributed by atoms with E-state index in [4.69, 9.17) is 9.47 Å². The van der Waals surface area contributed by atoms with Crippen molar-refractivity contribution in [3.63, 3.8) is 0 Å². The van der Waals surface area contributed by atoms with Gasteiger partial charge >= 0.3 is 5.97 Å². The summed E-state index contributed by atoms with van der Waals surface area (Å²) in [7, 11) is 0. The number of nitrogens with one attached hydrogen (secondary N) is 1. The van der Waals surface area contributed by atoms with Crippen LogP contribution >= 0.6 is 0 Å². The number of nitrogens with zero attached hydrogens (tertiary/aromatic N) is 1. The predicted molar refractivity (Wildman–Crippen MR) is 107 cm³/mol. The first-order valence-corrected chi connectivity index (χ1v) is 10.4. The maximum atomic E-state index is 13.1. The molecule has 158 valence electrons. The summed E-state index contributed by atoms with van der Waals surface area (Å²) in [6, 6.07) is 8.09. The van der Waals surface area contributed by atoms with E-state index < -0.39 is 18.0 Å². The summed E-state index contributed by atoms with van der Waals surface area (Å²) in [6.45, 7) is 6.41. The van der Waals surface area contributed by atoms with Crippen molar-refractivity contribution in [2.24, 2.45) is 11.8 Å². The van der Waals surface area contributed by atoms with Crippen molar-refractivity contribution in [2.45, 2.75) is 51.8 Å². The first-order valence-electron chi connectivity index (χ1n) is 10.4. The summed E-state index contributed by atoms with van der Waals surface area (Å²) in [6.07, 6.45) is 1.91. The minimum atomic E-state index is -0.742. The van der Waals surface area contributed by atoms with Crippen LogP contribution in [0.1, 0.15) is 45.2 Å². The van der Waals surface area contributed by atoms with Gasteiger partial charge in [0.2, 0.25) is 11.8 Å². The maximum Gasteiger partial charge on any atom is 0.311 e. The van der Waals surface area contributed by atoms with Crippen molar-refractivity contribution in [3.8, 4) is 0 Å². The third-order valence-electron chi connectivity index (χ3n) is 5.86. The molecule has 1 N–H and O–H groups in total. The molecule has 2 aliphatic heterocycles. The normalized spacial score (nSPS) is 28.9. The summed E-state index contributed by atoms with van der Waals surface area (Å²) in [4.78, 5) is 40.1. The van der Waals surface area contributed by atoms with Crippen LogP contribution in [0.25, 0.3) is 0 Å². The fourth-order valence-electron chi connectivity index (χ4n) is 4.56. The van der Waals surface area contributed by atoms with Gasteiger partial charge in [-0.05, 0) is 25.3 Å². The molecule has 5 atom stereocenters. The third-order valence-corrected chi connectivity index (χ3v) is 5.86. The molecule has 2 saturated heterocycles. The molecule has 2 aliphatic rings. The third kappa shape index (κ3) is 4.45. The second-order valence-corrected chi connectivity index (χ2v) is 7.74. The lowest BCUT2D eigenvalue weighted by molar-refractivity contribution is -0.150. The number of rotatable bonds is 6. The molecular formula is C22H30N2O5. The van der Waals surface area contributed by atoms with E-state index in [0.717, 1.165) is 18.4 Å². The zero-order valence-electron chi connectivity index (χ0n) is 17.3. The number of carbonyl (C=O) groups excluding carboxylic acids is 3. The summed E-state index contributed by atoms with van der Waals surface area (Å²) in [5, 5.41) is 2.94.